The van der Waals surface area contributed by atoms with Gasteiger partial charge in [-0.15, -0.1) is 0 Å². The molecule has 0 saturated carbocycles. The van der Waals surface area contributed by atoms with Crippen LogP contribution in [-0.2, 0) is 0 Å². The minimum atomic E-state index is 0.0986. The van der Waals surface area contributed by atoms with Gasteiger partial charge in [0.25, 0.3) is 0 Å². The first-order valence-electron chi connectivity index (χ1n) is 6.77. The maximum atomic E-state index is 6.28. The van der Waals surface area contributed by atoms with E-state index in [1.54, 1.807) is 0 Å². The van der Waals surface area contributed by atoms with E-state index < -0.39 is 0 Å². The van der Waals surface area contributed by atoms with Gasteiger partial charge in [-0.3, -0.25) is 0 Å². The Bertz CT molecular complexity index is 368. The Hall–Kier alpha value is -0.540. The minimum Gasteiger partial charge on any atom is -0.492 e. The van der Waals surface area contributed by atoms with Crippen molar-refractivity contribution >= 4 is 15.9 Å². The summed E-state index contributed by atoms with van der Waals surface area (Å²) in [4.78, 5) is 0. The van der Waals surface area contributed by atoms with E-state index in [0.29, 0.717) is 5.92 Å². The molecule has 0 radical (unpaired) electrons. The van der Waals surface area contributed by atoms with Crippen molar-refractivity contribution < 1.29 is 4.74 Å². The highest BCUT2D eigenvalue weighted by Crippen LogP contribution is 2.31. The summed E-state index contributed by atoms with van der Waals surface area (Å²) in [5, 5.41) is 0. The molecule has 1 aromatic rings. The fourth-order valence-corrected chi connectivity index (χ4v) is 2.53. The van der Waals surface area contributed by atoms with E-state index in [1.807, 2.05) is 6.07 Å². The predicted molar refractivity (Wildman–Crippen MR) is 80.9 cm³/mol. The van der Waals surface area contributed by atoms with Crippen molar-refractivity contribution in [3.05, 3.63) is 28.2 Å². The second-order valence-electron chi connectivity index (χ2n) is 4.83. The van der Waals surface area contributed by atoms with Crippen LogP contribution in [0.25, 0.3) is 0 Å². The zero-order valence-corrected chi connectivity index (χ0v) is 13.2. The average Bonchev–Trinajstić information content (AvgIpc) is 2.36. The summed E-state index contributed by atoms with van der Waals surface area (Å²) < 4.78 is 6.63. The molecule has 0 saturated heterocycles. The van der Waals surface area contributed by atoms with Gasteiger partial charge in [0, 0.05) is 6.04 Å². The third-order valence-corrected chi connectivity index (χ3v) is 3.78. The van der Waals surface area contributed by atoms with E-state index in [4.69, 9.17) is 10.5 Å². The van der Waals surface area contributed by atoms with Crippen molar-refractivity contribution in [1.29, 1.82) is 0 Å². The number of nitrogens with two attached hydrogens (primary N) is 1. The molecule has 2 unspecified atom stereocenters. The Morgan fingerprint density at radius 2 is 2.00 bits per heavy atom. The zero-order chi connectivity index (χ0) is 13.5. The van der Waals surface area contributed by atoms with Crippen molar-refractivity contribution in [3.8, 4) is 5.75 Å². The highest BCUT2D eigenvalue weighted by molar-refractivity contribution is 9.10. The summed E-state index contributed by atoms with van der Waals surface area (Å²) in [5.74, 6) is 1.40. The van der Waals surface area contributed by atoms with E-state index >= 15 is 0 Å². The topological polar surface area (TPSA) is 35.2 Å². The third-order valence-electron chi connectivity index (χ3n) is 3.16. The fraction of sp³-hybridized carbons (Fsp3) is 0.600. The molecule has 2 atom stereocenters. The molecule has 0 aromatic heterocycles. The summed E-state index contributed by atoms with van der Waals surface area (Å²) in [5.41, 5.74) is 7.45. The van der Waals surface area contributed by atoms with Crippen LogP contribution in [0.4, 0.5) is 0 Å². The lowest BCUT2D eigenvalue weighted by molar-refractivity contribution is 0.315. The van der Waals surface area contributed by atoms with Crippen LogP contribution < -0.4 is 10.5 Å². The molecule has 0 aliphatic rings. The van der Waals surface area contributed by atoms with Crippen molar-refractivity contribution in [2.24, 2.45) is 11.7 Å². The van der Waals surface area contributed by atoms with Crippen LogP contribution in [0.3, 0.4) is 0 Å². The van der Waals surface area contributed by atoms with Crippen molar-refractivity contribution in [1.82, 2.24) is 0 Å². The van der Waals surface area contributed by atoms with Crippen LogP contribution in [0, 0.1) is 5.92 Å². The molecule has 3 heteroatoms. The van der Waals surface area contributed by atoms with Gasteiger partial charge < -0.3 is 10.5 Å². The van der Waals surface area contributed by atoms with Crippen molar-refractivity contribution in [2.45, 2.75) is 46.1 Å². The number of halogens is 1. The van der Waals surface area contributed by atoms with E-state index in [1.165, 1.54) is 12.0 Å². The molecule has 2 N–H and O–H groups in total. The van der Waals surface area contributed by atoms with Gasteiger partial charge in [0.05, 0.1) is 11.1 Å². The van der Waals surface area contributed by atoms with Gasteiger partial charge in [0.1, 0.15) is 5.75 Å². The maximum absolute atomic E-state index is 6.28. The van der Waals surface area contributed by atoms with Gasteiger partial charge in [-0.25, -0.2) is 0 Å². The third kappa shape index (κ3) is 4.29. The molecule has 0 aliphatic heterocycles. The SMILES string of the molecule is CCCOc1ccc(C(N)C(C)CCC)cc1Br. The summed E-state index contributed by atoms with van der Waals surface area (Å²) in [6, 6.07) is 6.27. The Balaban J connectivity index is 2.76. The van der Waals surface area contributed by atoms with Gasteiger partial charge in [-0.1, -0.05) is 33.3 Å². The van der Waals surface area contributed by atoms with E-state index in [0.717, 1.165) is 29.7 Å². The normalized spacial score (nSPS) is 14.3. The standard InChI is InChI=1S/C15H24BrNO/c1-4-6-11(3)15(17)12-7-8-14(13(16)10-12)18-9-5-2/h7-8,10-11,15H,4-6,9,17H2,1-3H3. The molecule has 0 bridgehead atoms. The molecule has 1 rings (SSSR count). The Labute approximate surface area is 119 Å². The highest BCUT2D eigenvalue weighted by Gasteiger charge is 2.15. The second-order valence-corrected chi connectivity index (χ2v) is 5.68. The number of rotatable bonds is 7. The summed E-state index contributed by atoms with van der Waals surface area (Å²) in [6.07, 6.45) is 3.35. The van der Waals surface area contributed by atoms with Crippen LogP contribution in [0.15, 0.2) is 22.7 Å². The molecular weight excluding hydrogens is 290 g/mol. The number of hydrogen-bond donors (Lipinski definition) is 1. The minimum absolute atomic E-state index is 0.0986. The molecule has 2 nitrogen and oxygen atoms in total. The predicted octanol–water partition coefficient (Wildman–Crippen LogP) is 4.67. The molecule has 0 spiro atoms. The van der Waals surface area contributed by atoms with E-state index in [-0.39, 0.29) is 6.04 Å². The molecule has 0 heterocycles. The summed E-state index contributed by atoms with van der Waals surface area (Å²) in [7, 11) is 0. The second kappa shape index (κ2) is 7.80. The molecule has 0 fully saturated rings. The lowest BCUT2D eigenvalue weighted by Crippen LogP contribution is -2.19. The first-order valence-corrected chi connectivity index (χ1v) is 7.57. The Morgan fingerprint density at radius 1 is 1.28 bits per heavy atom. The van der Waals surface area contributed by atoms with Crippen LogP contribution in [0.5, 0.6) is 5.75 Å². The zero-order valence-electron chi connectivity index (χ0n) is 11.6. The van der Waals surface area contributed by atoms with Gasteiger partial charge >= 0.3 is 0 Å². The van der Waals surface area contributed by atoms with Crippen molar-refractivity contribution in [3.63, 3.8) is 0 Å². The Morgan fingerprint density at radius 3 is 2.56 bits per heavy atom. The molecule has 102 valence electrons. The van der Waals surface area contributed by atoms with Crippen LogP contribution >= 0.6 is 15.9 Å². The molecule has 1 aromatic carbocycles. The van der Waals surface area contributed by atoms with Crippen LogP contribution in [0.2, 0.25) is 0 Å². The summed E-state index contributed by atoms with van der Waals surface area (Å²) >= 11 is 3.55. The quantitative estimate of drug-likeness (QED) is 0.793. The van der Waals surface area contributed by atoms with Gasteiger partial charge in [0.15, 0.2) is 0 Å². The highest BCUT2D eigenvalue weighted by atomic mass is 79.9. The first kappa shape index (κ1) is 15.5. The smallest absolute Gasteiger partial charge is 0.133 e. The lowest BCUT2D eigenvalue weighted by Gasteiger charge is -2.20. The average molecular weight is 314 g/mol. The Kier molecular flexibility index (Phi) is 6.72. The van der Waals surface area contributed by atoms with Crippen LogP contribution in [-0.4, -0.2) is 6.61 Å². The number of ether oxygens (including phenoxy) is 1. The van der Waals surface area contributed by atoms with E-state index in [2.05, 4.69) is 48.8 Å². The number of hydrogen-bond acceptors (Lipinski definition) is 2. The molecular formula is C15H24BrNO. The maximum Gasteiger partial charge on any atom is 0.133 e. The lowest BCUT2D eigenvalue weighted by atomic mass is 9.92. The first-order chi connectivity index (χ1) is 8.60. The summed E-state index contributed by atoms with van der Waals surface area (Å²) in [6.45, 7) is 7.26. The van der Waals surface area contributed by atoms with Gasteiger partial charge in [-0.2, -0.15) is 0 Å². The van der Waals surface area contributed by atoms with E-state index in [9.17, 15) is 0 Å². The molecule has 0 amide bonds. The number of benzene rings is 1. The van der Waals surface area contributed by atoms with Gasteiger partial charge in [-0.05, 0) is 52.4 Å². The molecule has 0 aliphatic carbocycles. The van der Waals surface area contributed by atoms with Gasteiger partial charge in [0.2, 0.25) is 0 Å². The largest absolute Gasteiger partial charge is 0.492 e. The monoisotopic (exact) mass is 313 g/mol. The fourth-order valence-electron chi connectivity index (χ4n) is 2.02. The van der Waals surface area contributed by atoms with Crippen molar-refractivity contribution in [2.75, 3.05) is 6.61 Å². The van der Waals surface area contributed by atoms with Crippen LogP contribution in [0.1, 0.15) is 51.6 Å². The molecule has 18 heavy (non-hydrogen) atoms.